The molecule has 0 aliphatic rings. The van der Waals surface area contributed by atoms with E-state index in [0.717, 1.165) is 12.4 Å². The van der Waals surface area contributed by atoms with Crippen molar-refractivity contribution in [3.8, 4) is 11.3 Å². The lowest BCUT2D eigenvalue weighted by Gasteiger charge is -2.06. The Kier molecular flexibility index (Phi) is 5.43. The van der Waals surface area contributed by atoms with Gasteiger partial charge in [-0.2, -0.15) is 18.3 Å². The monoisotopic (exact) mass is 404 g/mol. The second kappa shape index (κ2) is 7.96. The molecule has 0 bridgehead atoms. The number of aromatic nitrogens is 5. The highest BCUT2D eigenvalue weighted by Crippen LogP contribution is 2.29. The van der Waals surface area contributed by atoms with Crippen molar-refractivity contribution in [2.45, 2.75) is 12.7 Å². The number of pyridine rings is 1. The molecule has 3 rings (SSSR count). The van der Waals surface area contributed by atoms with Crippen LogP contribution in [0.3, 0.4) is 0 Å². The highest BCUT2D eigenvalue weighted by molar-refractivity contribution is 5.89. The largest absolute Gasteiger partial charge is 0.433 e. The average molecular weight is 404 g/mol. The molecule has 0 fully saturated rings. The Morgan fingerprint density at radius 3 is 2.66 bits per heavy atom. The van der Waals surface area contributed by atoms with Gasteiger partial charge in [-0.25, -0.2) is 15.0 Å². The number of nitrogens with two attached hydrogens (primary N) is 2. The summed E-state index contributed by atoms with van der Waals surface area (Å²) in [5, 5.41) is 6.55. The lowest BCUT2D eigenvalue weighted by molar-refractivity contribution is -0.141. The van der Waals surface area contributed by atoms with E-state index in [4.69, 9.17) is 11.5 Å². The SMILES string of the molecule is N/C=C(\N)c1ccc(NC(=O)Cn2cc(-c3cc(C(F)(F)F)ncn3)cn2)nc1. The predicted molar refractivity (Wildman–Crippen MR) is 97.5 cm³/mol. The number of rotatable bonds is 5. The zero-order valence-corrected chi connectivity index (χ0v) is 14.8. The van der Waals surface area contributed by atoms with Crippen LogP contribution in [0.4, 0.5) is 19.0 Å². The van der Waals surface area contributed by atoms with E-state index < -0.39 is 17.8 Å². The van der Waals surface area contributed by atoms with E-state index in [1.807, 2.05) is 0 Å². The van der Waals surface area contributed by atoms with Crippen molar-refractivity contribution in [3.63, 3.8) is 0 Å². The Morgan fingerprint density at radius 1 is 1.21 bits per heavy atom. The van der Waals surface area contributed by atoms with Crippen LogP contribution in [-0.4, -0.2) is 30.6 Å². The van der Waals surface area contributed by atoms with Gasteiger partial charge in [-0.1, -0.05) is 0 Å². The Hall–Kier alpha value is -3.96. The lowest BCUT2D eigenvalue weighted by atomic mass is 10.2. The summed E-state index contributed by atoms with van der Waals surface area (Å²) in [7, 11) is 0. The number of alkyl halides is 3. The second-order valence-corrected chi connectivity index (χ2v) is 5.82. The Bertz CT molecular complexity index is 1040. The van der Waals surface area contributed by atoms with Crippen LogP contribution in [0.1, 0.15) is 11.3 Å². The van der Waals surface area contributed by atoms with Gasteiger partial charge in [0.2, 0.25) is 5.91 Å². The van der Waals surface area contributed by atoms with Gasteiger partial charge in [0.05, 0.1) is 17.6 Å². The van der Waals surface area contributed by atoms with Crippen molar-refractivity contribution in [3.05, 3.63) is 60.6 Å². The highest BCUT2D eigenvalue weighted by atomic mass is 19.4. The smallest absolute Gasteiger partial charge is 0.403 e. The van der Waals surface area contributed by atoms with Crippen LogP contribution in [-0.2, 0) is 17.5 Å². The Morgan fingerprint density at radius 2 is 2.00 bits per heavy atom. The van der Waals surface area contributed by atoms with Crippen molar-refractivity contribution in [2.75, 3.05) is 5.32 Å². The zero-order chi connectivity index (χ0) is 21.0. The van der Waals surface area contributed by atoms with Crippen LogP contribution in [0.25, 0.3) is 17.0 Å². The summed E-state index contributed by atoms with van der Waals surface area (Å²) in [5.74, 6) is -0.137. The van der Waals surface area contributed by atoms with Gasteiger partial charge in [0.15, 0.2) is 0 Å². The molecule has 9 nitrogen and oxygen atoms in total. The van der Waals surface area contributed by atoms with E-state index in [9.17, 15) is 18.0 Å². The number of hydrogen-bond donors (Lipinski definition) is 3. The highest BCUT2D eigenvalue weighted by Gasteiger charge is 2.32. The summed E-state index contributed by atoms with van der Waals surface area (Å²) in [6.45, 7) is -0.175. The molecule has 3 aromatic rings. The molecule has 0 atom stereocenters. The van der Waals surface area contributed by atoms with Gasteiger partial charge >= 0.3 is 6.18 Å². The first-order valence-corrected chi connectivity index (χ1v) is 8.12. The molecule has 3 heterocycles. The number of anilines is 1. The summed E-state index contributed by atoms with van der Waals surface area (Å²) in [4.78, 5) is 23.2. The third-order valence-electron chi connectivity index (χ3n) is 3.74. The lowest BCUT2D eigenvalue weighted by Crippen LogP contribution is -2.19. The molecule has 12 heteroatoms. The molecule has 3 aromatic heterocycles. The number of nitrogens with zero attached hydrogens (tertiary/aromatic N) is 5. The second-order valence-electron chi connectivity index (χ2n) is 5.82. The molecule has 150 valence electrons. The predicted octanol–water partition coefficient (Wildman–Crippen LogP) is 1.61. The first-order valence-electron chi connectivity index (χ1n) is 8.12. The third kappa shape index (κ3) is 4.86. The molecule has 0 aliphatic carbocycles. The van der Waals surface area contributed by atoms with Crippen LogP contribution in [0.2, 0.25) is 0 Å². The molecule has 0 aliphatic heterocycles. The van der Waals surface area contributed by atoms with Gasteiger partial charge in [-0.05, 0) is 18.2 Å². The van der Waals surface area contributed by atoms with Crippen molar-refractivity contribution in [1.82, 2.24) is 24.7 Å². The maximum Gasteiger partial charge on any atom is 0.433 e. The summed E-state index contributed by atoms with van der Waals surface area (Å²) in [6.07, 6.45) is 1.65. The maximum absolute atomic E-state index is 12.8. The first kappa shape index (κ1) is 19.8. The fraction of sp³-hybridized carbons (Fsp3) is 0.118. The summed E-state index contributed by atoms with van der Waals surface area (Å²) in [6, 6.07) is 4.01. The van der Waals surface area contributed by atoms with Gasteiger partial charge < -0.3 is 16.8 Å². The van der Waals surface area contributed by atoms with Gasteiger partial charge in [0, 0.05) is 29.7 Å². The Labute approximate surface area is 162 Å². The van der Waals surface area contributed by atoms with Crippen LogP contribution >= 0.6 is 0 Å². The molecule has 5 N–H and O–H groups in total. The zero-order valence-electron chi connectivity index (χ0n) is 14.8. The van der Waals surface area contributed by atoms with Crippen LogP contribution in [0, 0.1) is 0 Å². The van der Waals surface area contributed by atoms with E-state index >= 15 is 0 Å². The first-order chi connectivity index (χ1) is 13.8. The number of amides is 1. The topological polar surface area (TPSA) is 138 Å². The minimum Gasteiger partial charge on any atom is -0.403 e. The molecule has 0 unspecified atom stereocenters. The molecule has 0 aromatic carbocycles. The minimum atomic E-state index is -4.58. The maximum atomic E-state index is 12.8. The quantitative estimate of drug-likeness (QED) is 0.587. The van der Waals surface area contributed by atoms with E-state index in [1.165, 1.54) is 29.5 Å². The van der Waals surface area contributed by atoms with Crippen molar-refractivity contribution < 1.29 is 18.0 Å². The molecular formula is C17H15F3N8O. The molecular weight excluding hydrogens is 389 g/mol. The fourth-order valence-corrected chi connectivity index (χ4v) is 2.32. The molecule has 0 spiro atoms. The van der Waals surface area contributed by atoms with Gasteiger partial charge in [-0.15, -0.1) is 0 Å². The Balaban J connectivity index is 1.66. The summed E-state index contributed by atoms with van der Waals surface area (Å²) in [5.41, 5.74) is 11.2. The van der Waals surface area contributed by atoms with E-state index in [0.29, 0.717) is 22.6 Å². The number of hydrogen-bond acceptors (Lipinski definition) is 7. The van der Waals surface area contributed by atoms with E-state index in [1.54, 1.807) is 12.1 Å². The summed E-state index contributed by atoms with van der Waals surface area (Å²) >= 11 is 0. The third-order valence-corrected chi connectivity index (χ3v) is 3.74. The number of carbonyl (C=O) groups is 1. The van der Waals surface area contributed by atoms with E-state index in [2.05, 4.69) is 25.4 Å². The van der Waals surface area contributed by atoms with Crippen LogP contribution < -0.4 is 16.8 Å². The molecule has 0 radical (unpaired) electrons. The summed E-state index contributed by atoms with van der Waals surface area (Å²) < 4.78 is 39.6. The average Bonchev–Trinajstić information content (AvgIpc) is 3.15. The molecule has 29 heavy (non-hydrogen) atoms. The molecule has 1 amide bonds. The van der Waals surface area contributed by atoms with Crippen LogP contribution in [0.15, 0.2) is 49.3 Å². The van der Waals surface area contributed by atoms with Gasteiger partial charge in [0.1, 0.15) is 24.4 Å². The van der Waals surface area contributed by atoms with Gasteiger partial charge in [-0.3, -0.25) is 9.48 Å². The van der Waals surface area contributed by atoms with Gasteiger partial charge in [0.25, 0.3) is 0 Å². The minimum absolute atomic E-state index is 0.0433. The number of carbonyl (C=O) groups excluding carboxylic acids is 1. The van der Waals surface area contributed by atoms with Crippen molar-refractivity contribution >= 4 is 17.4 Å². The molecule has 0 saturated heterocycles. The fourth-order valence-electron chi connectivity index (χ4n) is 2.32. The molecule has 0 saturated carbocycles. The van der Waals surface area contributed by atoms with E-state index in [-0.39, 0.29) is 12.2 Å². The standard InChI is InChI=1S/C17H15F3N8O/c18-17(19,20)14-3-13(24-9-25-14)11-6-26-28(7-11)8-16(29)27-15-2-1-10(5-23-15)12(22)4-21/h1-7,9H,8,21-22H2,(H,23,27,29)/b12-4-. The normalized spacial score (nSPS) is 12.0. The van der Waals surface area contributed by atoms with Crippen molar-refractivity contribution in [1.29, 1.82) is 0 Å². The number of nitrogens with one attached hydrogen (secondary N) is 1. The number of halogens is 3. The van der Waals surface area contributed by atoms with Crippen LogP contribution in [0.5, 0.6) is 0 Å². The van der Waals surface area contributed by atoms with Crippen molar-refractivity contribution in [2.24, 2.45) is 11.5 Å².